The summed E-state index contributed by atoms with van der Waals surface area (Å²) in [5.41, 5.74) is 2.06. The maximum Gasteiger partial charge on any atom is 0.261 e. The highest BCUT2D eigenvalue weighted by molar-refractivity contribution is 9.10. The van der Waals surface area contributed by atoms with Gasteiger partial charge in [-0.15, -0.1) is 0 Å². The van der Waals surface area contributed by atoms with E-state index in [2.05, 4.69) is 35.1 Å². The second-order valence-corrected chi connectivity index (χ2v) is 8.61. The molecule has 1 unspecified atom stereocenters. The molecule has 1 atom stereocenters. The molecule has 2 rings (SSSR count). The molecule has 5 nitrogen and oxygen atoms in total. The zero-order chi connectivity index (χ0) is 22.3. The Morgan fingerprint density at radius 2 is 1.83 bits per heavy atom. The lowest BCUT2D eigenvalue weighted by Crippen LogP contribution is -2.49. The van der Waals surface area contributed by atoms with Gasteiger partial charge in [-0.2, -0.15) is 0 Å². The third-order valence-corrected chi connectivity index (χ3v) is 5.74. The van der Waals surface area contributed by atoms with Crippen molar-refractivity contribution >= 4 is 39.3 Å². The molecule has 0 aromatic heterocycles. The number of nitrogens with zero attached hydrogens (tertiary/aromatic N) is 1. The fourth-order valence-corrected chi connectivity index (χ4v) is 3.73. The van der Waals surface area contributed by atoms with Gasteiger partial charge in [-0.3, -0.25) is 9.59 Å². The first-order valence-electron chi connectivity index (χ1n) is 9.94. The molecule has 1 N–H and O–H groups in total. The number of likely N-dealkylation sites (N-methyl/N-ethyl adjacent to an activating group) is 1. The van der Waals surface area contributed by atoms with Crippen LogP contribution in [-0.4, -0.2) is 36.4 Å². The van der Waals surface area contributed by atoms with Crippen LogP contribution < -0.4 is 10.1 Å². The lowest BCUT2D eigenvalue weighted by atomic mass is 10.0. The standard InChI is InChI=1S/C23H28BrClN2O3/c1-5-20(23(29)26-4)27(13-16-6-9-18(25)10-7-16)22(28)14-30-21-11-8-17(15(2)3)12-19(21)24/h6-12,15,20H,5,13-14H2,1-4H3,(H,26,29). The van der Waals surface area contributed by atoms with E-state index in [0.717, 1.165) is 10.0 Å². The number of hydrogen-bond donors (Lipinski definition) is 1. The first-order chi connectivity index (χ1) is 14.3. The van der Waals surface area contributed by atoms with Crippen LogP contribution in [0.2, 0.25) is 5.02 Å². The van der Waals surface area contributed by atoms with Crippen molar-refractivity contribution in [3.05, 3.63) is 63.1 Å². The number of rotatable bonds is 9. The van der Waals surface area contributed by atoms with Gasteiger partial charge in [0.1, 0.15) is 11.8 Å². The van der Waals surface area contributed by atoms with Gasteiger partial charge >= 0.3 is 0 Å². The number of hydrogen-bond acceptors (Lipinski definition) is 3. The van der Waals surface area contributed by atoms with Gasteiger partial charge in [0.25, 0.3) is 5.91 Å². The van der Waals surface area contributed by atoms with Gasteiger partial charge in [0.2, 0.25) is 5.91 Å². The molecule has 0 heterocycles. The number of amides is 2. The van der Waals surface area contributed by atoms with Crippen LogP contribution in [0, 0.1) is 0 Å². The van der Waals surface area contributed by atoms with Crippen molar-refractivity contribution in [2.24, 2.45) is 0 Å². The fourth-order valence-electron chi connectivity index (χ4n) is 3.09. The van der Waals surface area contributed by atoms with Crippen LogP contribution in [0.25, 0.3) is 0 Å². The summed E-state index contributed by atoms with van der Waals surface area (Å²) in [4.78, 5) is 27.0. The molecule has 162 valence electrons. The molecule has 2 aromatic carbocycles. The summed E-state index contributed by atoms with van der Waals surface area (Å²) in [6, 6.07) is 12.5. The number of carbonyl (C=O) groups excluding carboxylic acids is 2. The molecule has 0 aliphatic rings. The van der Waals surface area contributed by atoms with E-state index in [1.807, 2.05) is 37.3 Å². The van der Waals surface area contributed by atoms with E-state index >= 15 is 0 Å². The van der Waals surface area contributed by atoms with Crippen molar-refractivity contribution < 1.29 is 14.3 Å². The molecule has 30 heavy (non-hydrogen) atoms. The maximum atomic E-state index is 13.1. The normalized spacial score (nSPS) is 11.8. The third kappa shape index (κ3) is 6.47. The van der Waals surface area contributed by atoms with Gasteiger partial charge in [0.05, 0.1) is 4.47 Å². The van der Waals surface area contributed by atoms with Crippen molar-refractivity contribution in [2.45, 2.75) is 45.7 Å². The highest BCUT2D eigenvalue weighted by Crippen LogP contribution is 2.29. The van der Waals surface area contributed by atoms with E-state index in [9.17, 15) is 9.59 Å². The van der Waals surface area contributed by atoms with Crippen molar-refractivity contribution in [3.8, 4) is 5.75 Å². The molecule has 7 heteroatoms. The van der Waals surface area contributed by atoms with Crippen molar-refractivity contribution in [1.29, 1.82) is 0 Å². The van der Waals surface area contributed by atoms with Crippen LogP contribution in [0.1, 0.15) is 44.2 Å². The van der Waals surface area contributed by atoms with Gasteiger partial charge in [-0.25, -0.2) is 0 Å². The van der Waals surface area contributed by atoms with Crippen LogP contribution in [0.4, 0.5) is 0 Å². The van der Waals surface area contributed by atoms with Crippen molar-refractivity contribution in [1.82, 2.24) is 10.2 Å². The quantitative estimate of drug-likeness (QED) is 0.523. The summed E-state index contributed by atoms with van der Waals surface area (Å²) in [5.74, 6) is 0.513. The second-order valence-electron chi connectivity index (χ2n) is 7.32. The molecule has 0 spiro atoms. The average molecular weight is 496 g/mol. The molecule has 0 radical (unpaired) electrons. The lowest BCUT2D eigenvalue weighted by molar-refractivity contribution is -0.142. The number of nitrogens with one attached hydrogen (secondary N) is 1. The predicted molar refractivity (Wildman–Crippen MR) is 124 cm³/mol. The molecular formula is C23H28BrClN2O3. The molecule has 2 aromatic rings. The molecular weight excluding hydrogens is 468 g/mol. The molecule has 2 amide bonds. The Labute approximate surface area is 191 Å². The lowest BCUT2D eigenvalue weighted by Gasteiger charge is -2.30. The minimum atomic E-state index is -0.589. The van der Waals surface area contributed by atoms with E-state index < -0.39 is 6.04 Å². The van der Waals surface area contributed by atoms with Gasteiger partial charge in [0.15, 0.2) is 6.61 Å². The fraction of sp³-hybridized carbons (Fsp3) is 0.391. The van der Waals surface area contributed by atoms with Crippen LogP contribution in [-0.2, 0) is 16.1 Å². The first-order valence-corrected chi connectivity index (χ1v) is 11.1. The molecule has 0 saturated heterocycles. The number of ether oxygens (including phenoxy) is 1. The van der Waals surface area contributed by atoms with Crippen LogP contribution in [0.15, 0.2) is 46.9 Å². The Bertz CT molecular complexity index is 871. The molecule has 0 bridgehead atoms. The summed E-state index contributed by atoms with van der Waals surface area (Å²) in [5, 5.41) is 3.26. The highest BCUT2D eigenvalue weighted by atomic mass is 79.9. The van der Waals surface area contributed by atoms with E-state index in [4.69, 9.17) is 16.3 Å². The SMILES string of the molecule is CCC(C(=O)NC)N(Cc1ccc(Cl)cc1)C(=O)COc1ccc(C(C)C)cc1Br. The van der Waals surface area contributed by atoms with Gasteiger partial charge in [-0.1, -0.05) is 50.6 Å². The van der Waals surface area contributed by atoms with Crippen LogP contribution >= 0.6 is 27.5 Å². The van der Waals surface area contributed by atoms with Crippen molar-refractivity contribution in [2.75, 3.05) is 13.7 Å². The van der Waals surface area contributed by atoms with Gasteiger partial charge in [0, 0.05) is 18.6 Å². The van der Waals surface area contributed by atoms with Crippen LogP contribution in [0.3, 0.4) is 0 Å². The van der Waals surface area contributed by atoms with E-state index in [1.165, 1.54) is 5.56 Å². The Morgan fingerprint density at radius 3 is 2.37 bits per heavy atom. The smallest absolute Gasteiger partial charge is 0.261 e. The Hall–Kier alpha value is -2.05. The zero-order valence-electron chi connectivity index (χ0n) is 17.7. The monoisotopic (exact) mass is 494 g/mol. The molecule has 0 aliphatic carbocycles. The second kappa shape index (κ2) is 11.4. The first kappa shape index (κ1) is 24.2. The Kier molecular flexibility index (Phi) is 9.18. The van der Waals surface area contributed by atoms with Gasteiger partial charge in [-0.05, 0) is 63.7 Å². The minimum absolute atomic E-state index is 0.166. The van der Waals surface area contributed by atoms with Crippen molar-refractivity contribution in [3.63, 3.8) is 0 Å². The third-order valence-electron chi connectivity index (χ3n) is 4.87. The molecule has 0 saturated carbocycles. The Balaban J connectivity index is 2.19. The summed E-state index contributed by atoms with van der Waals surface area (Å²) >= 11 is 9.48. The highest BCUT2D eigenvalue weighted by Gasteiger charge is 2.28. The topological polar surface area (TPSA) is 58.6 Å². The largest absolute Gasteiger partial charge is 0.483 e. The number of halogens is 2. The number of benzene rings is 2. The number of carbonyl (C=O) groups is 2. The predicted octanol–water partition coefficient (Wildman–Crippen LogP) is 5.16. The Morgan fingerprint density at radius 1 is 1.17 bits per heavy atom. The summed E-state index contributed by atoms with van der Waals surface area (Å²) < 4.78 is 6.58. The minimum Gasteiger partial charge on any atom is -0.483 e. The van der Waals surface area contributed by atoms with E-state index in [0.29, 0.717) is 29.7 Å². The zero-order valence-corrected chi connectivity index (χ0v) is 20.1. The average Bonchev–Trinajstić information content (AvgIpc) is 2.73. The van der Waals surface area contributed by atoms with E-state index in [-0.39, 0.29) is 18.4 Å². The maximum absolute atomic E-state index is 13.1. The molecule has 0 aliphatic heterocycles. The summed E-state index contributed by atoms with van der Waals surface area (Å²) in [7, 11) is 1.57. The van der Waals surface area contributed by atoms with E-state index in [1.54, 1.807) is 24.1 Å². The van der Waals surface area contributed by atoms with Gasteiger partial charge < -0.3 is 15.0 Å². The van der Waals surface area contributed by atoms with Crippen LogP contribution in [0.5, 0.6) is 5.75 Å². The summed E-state index contributed by atoms with van der Waals surface area (Å²) in [6.07, 6.45) is 0.492. The summed E-state index contributed by atoms with van der Waals surface area (Å²) in [6.45, 7) is 6.23. The molecule has 0 fully saturated rings.